The molecule has 0 atom stereocenters. The minimum Gasteiger partial charge on any atom is -0.300 e. The van der Waals surface area contributed by atoms with Gasteiger partial charge in [-0.3, -0.25) is 4.79 Å². The van der Waals surface area contributed by atoms with Crippen LogP contribution in [-0.4, -0.2) is 9.13 Å². The van der Waals surface area contributed by atoms with Crippen LogP contribution in [0.5, 0.6) is 0 Å². The second-order valence-electron chi connectivity index (χ2n) is 4.91. The molecule has 2 aromatic rings. The summed E-state index contributed by atoms with van der Waals surface area (Å²) in [4.78, 5) is 24.7. The van der Waals surface area contributed by atoms with Crippen molar-refractivity contribution in [2.24, 2.45) is 7.05 Å². The largest absolute Gasteiger partial charge is 0.335 e. The van der Waals surface area contributed by atoms with Gasteiger partial charge in [-0.25, -0.2) is 9.36 Å². The smallest absolute Gasteiger partial charge is 0.300 e. The molecule has 0 unspecified atom stereocenters. The van der Waals surface area contributed by atoms with Crippen molar-refractivity contribution in [2.75, 3.05) is 0 Å². The molecule has 0 spiro atoms. The fourth-order valence-corrected chi connectivity index (χ4v) is 2.14. The number of rotatable bonds is 1. The summed E-state index contributed by atoms with van der Waals surface area (Å²) in [5, 5.41) is 0. The summed E-state index contributed by atoms with van der Waals surface area (Å²) in [6.07, 6.45) is 0. The van der Waals surface area contributed by atoms with Crippen molar-refractivity contribution in [2.45, 2.75) is 27.7 Å². The van der Waals surface area contributed by atoms with Gasteiger partial charge < -0.3 is 4.57 Å². The summed E-state index contributed by atoms with van der Waals surface area (Å²) in [6.45, 7) is 7.42. The maximum Gasteiger partial charge on any atom is 0.335 e. The van der Waals surface area contributed by atoms with Gasteiger partial charge in [-0.2, -0.15) is 0 Å². The fraction of sp³-hybridized carbons (Fsp3) is 0.333. The molecule has 4 nitrogen and oxygen atoms in total. The lowest BCUT2D eigenvalue weighted by Crippen LogP contribution is -2.40. The van der Waals surface area contributed by atoms with Crippen molar-refractivity contribution in [1.82, 2.24) is 9.13 Å². The topological polar surface area (TPSA) is 44.0 Å². The summed E-state index contributed by atoms with van der Waals surface area (Å²) in [5.41, 5.74) is 3.43. The van der Waals surface area contributed by atoms with Crippen LogP contribution in [0.1, 0.15) is 22.4 Å². The van der Waals surface area contributed by atoms with Gasteiger partial charge in [-0.15, -0.1) is 0 Å². The van der Waals surface area contributed by atoms with E-state index < -0.39 is 0 Å². The number of aryl methyl sites for hydroxylation is 1. The van der Waals surface area contributed by atoms with Crippen molar-refractivity contribution in [3.05, 3.63) is 61.4 Å². The average Bonchev–Trinajstić information content (AvgIpc) is 2.39. The third-order valence-electron chi connectivity index (χ3n) is 3.86. The Morgan fingerprint density at radius 3 is 2.21 bits per heavy atom. The monoisotopic (exact) mass is 258 g/mol. The van der Waals surface area contributed by atoms with E-state index in [2.05, 4.69) is 0 Å². The van der Waals surface area contributed by atoms with Gasteiger partial charge in [0.25, 0.3) is 5.56 Å². The molecule has 4 heteroatoms. The Kier molecular flexibility index (Phi) is 3.18. The molecule has 2 rings (SSSR count). The van der Waals surface area contributed by atoms with Crippen LogP contribution in [0.3, 0.4) is 0 Å². The SMILES string of the molecule is Cc1cccc(-n2c(=O)c(C)c(C)n(C)c2=O)c1C. The van der Waals surface area contributed by atoms with Crippen LogP contribution in [0, 0.1) is 27.7 Å². The van der Waals surface area contributed by atoms with E-state index in [0.717, 1.165) is 11.1 Å². The maximum atomic E-state index is 12.4. The lowest BCUT2D eigenvalue weighted by Gasteiger charge is -2.14. The van der Waals surface area contributed by atoms with Crippen LogP contribution >= 0.6 is 0 Å². The molecule has 0 aliphatic rings. The highest BCUT2D eigenvalue weighted by atomic mass is 16.2. The van der Waals surface area contributed by atoms with Crippen LogP contribution < -0.4 is 11.2 Å². The van der Waals surface area contributed by atoms with Crippen molar-refractivity contribution < 1.29 is 0 Å². The molecule has 0 aliphatic carbocycles. The summed E-state index contributed by atoms with van der Waals surface area (Å²) in [7, 11) is 1.69. The van der Waals surface area contributed by atoms with E-state index in [4.69, 9.17) is 0 Å². The van der Waals surface area contributed by atoms with Gasteiger partial charge in [-0.05, 0) is 44.9 Å². The quantitative estimate of drug-likeness (QED) is 0.782. The predicted molar refractivity (Wildman–Crippen MR) is 76.2 cm³/mol. The molecule has 1 aromatic heterocycles. The molecular formula is C15H18N2O2. The van der Waals surface area contributed by atoms with Crippen LogP contribution in [0.15, 0.2) is 27.8 Å². The summed E-state index contributed by atoms with van der Waals surface area (Å²) in [5.74, 6) is 0. The molecular weight excluding hydrogens is 240 g/mol. The first-order valence-corrected chi connectivity index (χ1v) is 6.22. The maximum absolute atomic E-state index is 12.4. The molecule has 0 aliphatic heterocycles. The Labute approximate surface area is 111 Å². The van der Waals surface area contributed by atoms with Gasteiger partial charge in [0.1, 0.15) is 0 Å². The van der Waals surface area contributed by atoms with E-state index >= 15 is 0 Å². The fourth-order valence-electron chi connectivity index (χ4n) is 2.14. The first-order chi connectivity index (χ1) is 8.86. The Hall–Kier alpha value is -2.10. The van der Waals surface area contributed by atoms with E-state index in [9.17, 15) is 9.59 Å². The molecule has 0 bridgehead atoms. The summed E-state index contributed by atoms with van der Waals surface area (Å²) in [6, 6.07) is 5.63. The van der Waals surface area contributed by atoms with Crippen molar-refractivity contribution in [3.8, 4) is 5.69 Å². The minimum atomic E-state index is -0.304. The number of nitrogens with zero attached hydrogens (tertiary/aromatic N) is 2. The lowest BCUT2D eigenvalue weighted by atomic mass is 10.1. The molecule has 19 heavy (non-hydrogen) atoms. The van der Waals surface area contributed by atoms with Gasteiger partial charge in [-0.1, -0.05) is 12.1 Å². The van der Waals surface area contributed by atoms with Gasteiger partial charge >= 0.3 is 5.69 Å². The van der Waals surface area contributed by atoms with Crippen LogP contribution in [0.4, 0.5) is 0 Å². The van der Waals surface area contributed by atoms with Crippen LogP contribution in [0.2, 0.25) is 0 Å². The zero-order valence-corrected chi connectivity index (χ0v) is 11.9. The molecule has 0 amide bonds. The van der Waals surface area contributed by atoms with Gasteiger partial charge in [0.15, 0.2) is 0 Å². The number of hydrogen-bond acceptors (Lipinski definition) is 2. The van der Waals surface area contributed by atoms with Crippen molar-refractivity contribution >= 4 is 0 Å². The lowest BCUT2D eigenvalue weighted by molar-refractivity contribution is 0.700. The minimum absolute atomic E-state index is 0.241. The highest BCUT2D eigenvalue weighted by Crippen LogP contribution is 2.15. The van der Waals surface area contributed by atoms with E-state index in [1.165, 1.54) is 9.13 Å². The Morgan fingerprint density at radius 1 is 0.947 bits per heavy atom. The van der Waals surface area contributed by atoms with E-state index in [1.807, 2.05) is 26.0 Å². The molecule has 1 heterocycles. The Morgan fingerprint density at radius 2 is 1.58 bits per heavy atom. The second kappa shape index (κ2) is 4.53. The highest BCUT2D eigenvalue weighted by molar-refractivity contribution is 5.45. The summed E-state index contributed by atoms with van der Waals surface area (Å²) >= 11 is 0. The second-order valence-corrected chi connectivity index (χ2v) is 4.91. The summed E-state index contributed by atoms with van der Waals surface area (Å²) < 4.78 is 2.77. The number of benzene rings is 1. The zero-order chi connectivity index (χ0) is 14.3. The number of hydrogen-bond donors (Lipinski definition) is 0. The molecule has 0 N–H and O–H groups in total. The third kappa shape index (κ3) is 1.93. The van der Waals surface area contributed by atoms with E-state index in [0.29, 0.717) is 16.9 Å². The van der Waals surface area contributed by atoms with Crippen LogP contribution in [-0.2, 0) is 7.05 Å². The van der Waals surface area contributed by atoms with Gasteiger partial charge in [0, 0.05) is 18.3 Å². The Balaban J connectivity index is 2.96. The first kappa shape index (κ1) is 13.3. The zero-order valence-electron chi connectivity index (χ0n) is 11.9. The Bertz CT molecular complexity index is 730. The molecule has 1 aromatic carbocycles. The van der Waals surface area contributed by atoms with Gasteiger partial charge in [0.05, 0.1) is 5.69 Å². The molecule has 0 radical (unpaired) electrons. The molecule has 0 saturated carbocycles. The predicted octanol–water partition coefficient (Wildman–Crippen LogP) is 1.77. The molecule has 100 valence electrons. The highest BCUT2D eigenvalue weighted by Gasteiger charge is 2.14. The average molecular weight is 258 g/mol. The van der Waals surface area contributed by atoms with Crippen molar-refractivity contribution in [3.63, 3.8) is 0 Å². The third-order valence-corrected chi connectivity index (χ3v) is 3.86. The number of aromatic nitrogens is 2. The normalized spacial score (nSPS) is 10.8. The van der Waals surface area contributed by atoms with E-state index in [-0.39, 0.29) is 11.2 Å². The van der Waals surface area contributed by atoms with Crippen molar-refractivity contribution in [1.29, 1.82) is 0 Å². The van der Waals surface area contributed by atoms with Crippen LogP contribution in [0.25, 0.3) is 5.69 Å². The molecule has 0 saturated heterocycles. The first-order valence-electron chi connectivity index (χ1n) is 6.22. The standard InChI is InChI=1S/C15H18N2O2/c1-9-7-6-8-13(10(9)2)17-14(18)11(3)12(4)16(5)15(17)19/h6-8H,1-5H3. The van der Waals surface area contributed by atoms with E-state index in [1.54, 1.807) is 27.0 Å². The molecule has 0 fully saturated rings. The van der Waals surface area contributed by atoms with Gasteiger partial charge in [0.2, 0.25) is 0 Å².